The van der Waals surface area contributed by atoms with E-state index in [1.54, 1.807) is 24.4 Å². The fourth-order valence-electron chi connectivity index (χ4n) is 4.47. The molecule has 5 rings (SSSR count). The van der Waals surface area contributed by atoms with Crippen molar-refractivity contribution >= 4 is 5.91 Å². The summed E-state index contributed by atoms with van der Waals surface area (Å²) < 4.78 is 32.3. The summed E-state index contributed by atoms with van der Waals surface area (Å²) in [4.78, 5) is 24.2. The summed E-state index contributed by atoms with van der Waals surface area (Å²) in [6.45, 7) is 0. The lowest BCUT2D eigenvalue weighted by molar-refractivity contribution is 0.0643. The number of rotatable bonds is 3. The first-order valence-electron chi connectivity index (χ1n) is 9.83. The van der Waals surface area contributed by atoms with Gasteiger partial charge in [0.2, 0.25) is 0 Å². The molecule has 2 aromatic carbocycles. The maximum Gasteiger partial charge on any atom is 0.254 e. The van der Waals surface area contributed by atoms with Gasteiger partial charge in [0.15, 0.2) is 17.4 Å². The highest BCUT2D eigenvalue weighted by Gasteiger charge is 2.43. The van der Waals surface area contributed by atoms with Crippen molar-refractivity contribution in [2.75, 3.05) is 7.11 Å². The number of ether oxygens (including phenoxy) is 1. The molecule has 0 radical (unpaired) electrons. The number of fused-ring (bicyclic) bond motifs is 4. The largest absolute Gasteiger partial charge is 0.494 e. The van der Waals surface area contributed by atoms with Gasteiger partial charge >= 0.3 is 0 Å². The van der Waals surface area contributed by atoms with Crippen LogP contribution < -0.4 is 4.74 Å². The molecule has 0 aliphatic carbocycles. The zero-order valence-electron chi connectivity index (χ0n) is 16.3. The van der Waals surface area contributed by atoms with Crippen LogP contribution in [0.15, 0.2) is 48.7 Å². The maximum absolute atomic E-state index is 14.1. The summed E-state index contributed by atoms with van der Waals surface area (Å²) in [6.07, 6.45) is 4.06. The van der Waals surface area contributed by atoms with E-state index in [4.69, 9.17) is 9.72 Å². The van der Waals surface area contributed by atoms with Crippen molar-refractivity contribution in [1.82, 2.24) is 14.9 Å². The molecular formula is C23H19F2N3O2. The number of methoxy groups -OCH3 is 1. The topological polar surface area (TPSA) is 55.3 Å². The Hall–Kier alpha value is -3.35. The fraction of sp³-hybridized carbons (Fsp3) is 0.261. The van der Waals surface area contributed by atoms with Gasteiger partial charge in [-0.1, -0.05) is 0 Å². The second-order valence-corrected chi connectivity index (χ2v) is 7.62. The van der Waals surface area contributed by atoms with Gasteiger partial charge in [0.05, 0.1) is 18.8 Å². The van der Waals surface area contributed by atoms with E-state index in [0.717, 1.165) is 29.7 Å². The minimum absolute atomic E-state index is 0.0103. The summed E-state index contributed by atoms with van der Waals surface area (Å²) in [5.74, 6) is -0.401. The van der Waals surface area contributed by atoms with Gasteiger partial charge in [0.1, 0.15) is 5.82 Å². The van der Waals surface area contributed by atoms with Crippen molar-refractivity contribution in [1.29, 1.82) is 0 Å². The van der Waals surface area contributed by atoms with E-state index in [-0.39, 0.29) is 29.6 Å². The molecule has 2 atom stereocenters. The molecule has 2 unspecified atom stereocenters. The van der Waals surface area contributed by atoms with Crippen LogP contribution >= 0.6 is 0 Å². The Morgan fingerprint density at radius 1 is 1.13 bits per heavy atom. The van der Waals surface area contributed by atoms with Crippen molar-refractivity contribution in [3.63, 3.8) is 0 Å². The van der Waals surface area contributed by atoms with E-state index in [9.17, 15) is 13.6 Å². The van der Waals surface area contributed by atoms with Gasteiger partial charge in [-0.2, -0.15) is 0 Å². The fourth-order valence-corrected chi connectivity index (χ4v) is 4.47. The minimum atomic E-state index is -0.555. The van der Waals surface area contributed by atoms with Gasteiger partial charge < -0.3 is 9.64 Å². The lowest BCUT2D eigenvalue weighted by Gasteiger charge is -2.35. The van der Waals surface area contributed by atoms with Crippen LogP contribution in [0.2, 0.25) is 0 Å². The number of amides is 1. The van der Waals surface area contributed by atoms with Crippen LogP contribution in [0.3, 0.4) is 0 Å². The van der Waals surface area contributed by atoms with Gasteiger partial charge in [-0.15, -0.1) is 0 Å². The quantitative estimate of drug-likeness (QED) is 0.649. The van der Waals surface area contributed by atoms with Gasteiger partial charge in [-0.3, -0.25) is 4.79 Å². The summed E-state index contributed by atoms with van der Waals surface area (Å²) >= 11 is 0. The standard InChI is InChI=1S/C23H19F2N3O2/c1-30-21-9-4-14(10-18(21)25)23(29)28-16-7-8-20(28)17-12-26-22(27-19(17)11-16)13-2-5-15(24)6-3-13/h2-6,9-10,12,16,20H,7-8,11H2,1H3. The van der Waals surface area contributed by atoms with Crippen LogP contribution in [0.25, 0.3) is 11.4 Å². The second kappa shape index (κ2) is 7.16. The first-order chi connectivity index (χ1) is 14.5. The monoisotopic (exact) mass is 407 g/mol. The first kappa shape index (κ1) is 18.7. The number of nitrogens with zero attached hydrogens (tertiary/aromatic N) is 3. The zero-order valence-corrected chi connectivity index (χ0v) is 16.3. The summed E-state index contributed by atoms with van der Waals surface area (Å²) in [7, 11) is 1.39. The number of carbonyl (C=O) groups excluding carboxylic acids is 1. The number of benzene rings is 2. The molecule has 3 aromatic rings. The Kier molecular flexibility index (Phi) is 4.46. The van der Waals surface area contributed by atoms with E-state index in [2.05, 4.69) is 4.98 Å². The van der Waals surface area contributed by atoms with E-state index in [1.807, 2.05) is 4.90 Å². The molecule has 2 bridgehead atoms. The Morgan fingerprint density at radius 2 is 1.93 bits per heavy atom. The minimum Gasteiger partial charge on any atom is -0.494 e. The maximum atomic E-state index is 14.1. The molecule has 7 heteroatoms. The Bertz CT molecular complexity index is 1130. The summed E-state index contributed by atoms with van der Waals surface area (Å²) in [6, 6.07) is 10.3. The molecule has 152 valence electrons. The molecule has 30 heavy (non-hydrogen) atoms. The molecule has 1 amide bonds. The molecule has 2 aliphatic heterocycles. The number of aromatic nitrogens is 2. The first-order valence-corrected chi connectivity index (χ1v) is 9.83. The molecule has 3 heterocycles. The number of hydrogen-bond acceptors (Lipinski definition) is 4. The predicted octanol–water partition coefficient (Wildman–Crippen LogP) is 4.33. The SMILES string of the molecule is COc1ccc(C(=O)N2C3CCC2c2cnc(-c4ccc(F)cc4)nc2C3)cc1F. The predicted molar refractivity (Wildman–Crippen MR) is 106 cm³/mol. The van der Waals surface area contributed by atoms with Crippen molar-refractivity contribution in [3.8, 4) is 17.1 Å². The van der Waals surface area contributed by atoms with Gasteiger partial charge in [0, 0.05) is 35.3 Å². The summed E-state index contributed by atoms with van der Waals surface area (Å²) in [5, 5.41) is 0. The van der Waals surface area contributed by atoms with E-state index in [0.29, 0.717) is 17.8 Å². The lowest BCUT2D eigenvalue weighted by Crippen LogP contribution is -2.42. The third kappa shape index (κ3) is 3.01. The van der Waals surface area contributed by atoms with Crippen molar-refractivity contribution < 1.29 is 18.3 Å². The van der Waals surface area contributed by atoms with Crippen LogP contribution in [0, 0.1) is 11.6 Å². The second-order valence-electron chi connectivity index (χ2n) is 7.62. The van der Waals surface area contributed by atoms with Crippen molar-refractivity contribution in [2.24, 2.45) is 0 Å². The van der Waals surface area contributed by atoms with Crippen LogP contribution in [-0.4, -0.2) is 33.9 Å². The highest BCUT2D eigenvalue weighted by Crippen LogP contribution is 2.44. The molecule has 1 saturated heterocycles. The van der Waals surface area contributed by atoms with Crippen LogP contribution in [-0.2, 0) is 6.42 Å². The molecule has 0 saturated carbocycles. The molecule has 1 fully saturated rings. The van der Waals surface area contributed by atoms with Crippen LogP contribution in [0.1, 0.15) is 40.5 Å². The third-order valence-electron chi connectivity index (χ3n) is 5.93. The third-order valence-corrected chi connectivity index (χ3v) is 5.93. The number of halogens is 2. The molecule has 2 aliphatic rings. The Balaban J connectivity index is 1.46. The molecular weight excluding hydrogens is 388 g/mol. The molecule has 0 N–H and O–H groups in total. The van der Waals surface area contributed by atoms with Crippen LogP contribution in [0.4, 0.5) is 8.78 Å². The zero-order chi connectivity index (χ0) is 20.8. The normalized spacial score (nSPS) is 19.5. The highest BCUT2D eigenvalue weighted by molar-refractivity contribution is 5.95. The van der Waals surface area contributed by atoms with Crippen molar-refractivity contribution in [2.45, 2.75) is 31.3 Å². The summed E-state index contributed by atoms with van der Waals surface area (Å²) in [5.41, 5.74) is 2.90. The Morgan fingerprint density at radius 3 is 2.67 bits per heavy atom. The van der Waals surface area contributed by atoms with E-state index < -0.39 is 5.82 Å². The van der Waals surface area contributed by atoms with Crippen LogP contribution in [0.5, 0.6) is 5.75 Å². The van der Waals surface area contributed by atoms with E-state index >= 15 is 0 Å². The average molecular weight is 407 g/mol. The average Bonchev–Trinajstić information content (AvgIpc) is 3.07. The highest BCUT2D eigenvalue weighted by atomic mass is 19.1. The van der Waals surface area contributed by atoms with E-state index in [1.165, 1.54) is 31.4 Å². The van der Waals surface area contributed by atoms with Crippen molar-refractivity contribution in [3.05, 3.63) is 77.1 Å². The smallest absolute Gasteiger partial charge is 0.254 e. The molecule has 1 aromatic heterocycles. The van der Waals surface area contributed by atoms with Gasteiger partial charge in [0.25, 0.3) is 5.91 Å². The van der Waals surface area contributed by atoms with Gasteiger partial charge in [-0.05, 0) is 55.3 Å². The van der Waals surface area contributed by atoms with Gasteiger partial charge in [-0.25, -0.2) is 18.7 Å². The number of carbonyl (C=O) groups is 1. The lowest BCUT2D eigenvalue weighted by atomic mass is 9.97. The molecule has 0 spiro atoms. The molecule has 5 nitrogen and oxygen atoms in total. The number of hydrogen-bond donors (Lipinski definition) is 0. The Labute approximate surface area is 172 Å².